The summed E-state index contributed by atoms with van der Waals surface area (Å²) in [6.07, 6.45) is -0.478. The summed E-state index contributed by atoms with van der Waals surface area (Å²) in [5, 5.41) is 50.3. The number of carboxylic acids is 1. The fourth-order valence-corrected chi connectivity index (χ4v) is 4.40. The van der Waals surface area contributed by atoms with Crippen LogP contribution in [-0.2, 0) is 11.2 Å². The van der Waals surface area contributed by atoms with Gasteiger partial charge in [0.05, 0.1) is 11.8 Å². The van der Waals surface area contributed by atoms with Gasteiger partial charge in [-0.1, -0.05) is 38.1 Å². The predicted octanol–water partition coefficient (Wildman–Crippen LogP) is 5.45. The van der Waals surface area contributed by atoms with Gasteiger partial charge in [-0.05, 0) is 29.7 Å². The molecule has 0 unspecified atom stereocenters. The lowest BCUT2D eigenvalue weighted by Gasteiger charge is -2.09. The molecule has 2 heterocycles. The number of phenolic OH excluding ortho intramolecular Hbond substituents is 3. The summed E-state index contributed by atoms with van der Waals surface area (Å²) in [5.41, 5.74) is 0.881. The van der Waals surface area contributed by atoms with E-state index >= 15 is 0 Å². The minimum atomic E-state index is -1.16. The van der Waals surface area contributed by atoms with Gasteiger partial charge in [-0.3, -0.25) is 9.59 Å². The van der Waals surface area contributed by atoms with Crippen LogP contribution in [0.2, 0.25) is 0 Å². The van der Waals surface area contributed by atoms with Crippen molar-refractivity contribution < 1.29 is 39.2 Å². The number of furan rings is 1. The van der Waals surface area contributed by atoms with Crippen molar-refractivity contribution in [2.24, 2.45) is 0 Å². The Morgan fingerprint density at radius 2 is 1.49 bits per heavy atom. The molecule has 37 heavy (non-hydrogen) atoms. The lowest BCUT2D eigenvalue weighted by atomic mass is 9.97. The first-order valence-electron chi connectivity index (χ1n) is 11.4. The average molecular weight is 502 g/mol. The molecule has 5 aromatic rings. The number of aliphatic carboxylic acids is 1. The zero-order valence-corrected chi connectivity index (χ0v) is 19.8. The Morgan fingerprint density at radius 1 is 0.811 bits per heavy atom. The van der Waals surface area contributed by atoms with E-state index in [0.717, 1.165) is 17.7 Å². The fraction of sp³-hybridized carbons (Fsp3) is 0.143. The second kappa shape index (κ2) is 8.63. The molecule has 0 saturated heterocycles. The molecule has 0 aliphatic carbocycles. The van der Waals surface area contributed by atoms with Crippen molar-refractivity contribution in [3.8, 4) is 45.6 Å². The minimum Gasteiger partial charge on any atom is -0.507 e. The van der Waals surface area contributed by atoms with Crippen molar-refractivity contribution in [1.82, 2.24) is 0 Å². The Bertz CT molecular complexity index is 1760. The molecular weight excluding hydrogens is 480 g/mol. The molecule has 5 N–H and O–H groups in total. The molecule has 0 radical (unpaired) electrons. The molecule has 0 bridgehead atoms. The van der Waals surface area contributed by atoms with Gasteiger partial charge < -0.3 is 34.4 Å². The van der Waals surface area contributed by atoms with Crippen LogP contribution in [0.4, 0.5) is 0 Å². The van der Waals surface area contributed by atoms with Crippen LogP contribution >= 0.6 is 0 Å². The molecule has 0 saturated carbocycles. The molecule has 0 amide bonds. The van der Waals surface area contributed by atoms with Gasteiger partial charge in [0.2, 0.25) is 11.2 Å². The molecule has 188 valence electrons. The smallest absolute Gasteiger partial charge is 0.307 e. The van der Waals surface area contributed by atoms with E-state index in [1.807, 2.05) is 26.0 Å². The highest BCUT2D eigenvalue weighted by Crippen LogP contribution is 2.43. The Hall–Kier alpha value is -4.92. The van der Waals surface area contributed by atoms with Gasteiger partial charge in [-0.2, -0.15) is 0 Å². The highest BCUT2D eigenvalue weighted by molar-refractivity contribution is 6.10. The SMILES string of the molecule is CC(C)c1ccc(-c2oc3cc(O)c4c(=O)c(O)c(-c5ccc(O)c(O)c5)oc4c3c2CC(=O)O)cc1. The summed E-state index contributed by atoms with van der Waals surface area (Å²) in [4.78, 5) is 25.0. The number of hydrogen-bond donors (Lipinski definition) is 5. The van der Waals surface area contributed by atoms with E-state index < -0.39 is 40.8 Å². The van der Waals surface area contributed by atoms with E-state index in [9.17, 15) is 35.1 Å². The highest BCUT2D eigenvalue weighted by atomic mass is 16.4. The van der Waals surface area contributed by atoms with Crippen LogP contribution in [0.3, 0.4) is 0 Å². The largest absolute Gasteiger partial charge is 0.507 e. The second-order valence-electron chi connectivity index (χ2n) is 9.04. The Labute approximate surface area is 209 Å². The maximum Gasteiger partial charge on any atom is 0.307 e. The lowest BCUT2D eigenvalue weighted by molar-refractivity contribution is -0.136. The molecule has 3 aromatic carbocycles. The molecule has 5 rings (SSSR count). The van der Waals surface area contributed by atoms with E-state index in [1.165, 1.54) is 12.1 Å². The molecule has 0 spiro atoms. The molecular formula is C28H22O9. The number of phenols is 3. The molecule has 0 fully saturated rings. The van der Waals surface area contributed by atoms with E-state index in [0.29, 0.717) is 5.56 Å². The quantitative estimate of drug-likeness (QED) is 0.197. The summed E-state index contributed by atoms with van der Waals surface area (Å²) in [6.45, 7) is 4.09. The first kappa shape index (κ1) is 23.8. The fourth-order valence-electron chi connectivity index (χ4n) is 4.40. The average Bonchev–Trinajstić information content (AvgIpc) is 3.20. The van der Waals surface area contributed by atoms with Crippen molar-refractivity contribution in [2.45, 2.75) is 26.2 Å². The van der Waals surface area contributed by atoms with Crippen LogP contribution in [0.15, 0.2) is 62.2 Å². The second-order valence-corrected chi connectivity index (χ2v) is 9.04. The summed E-state index contributed by atoms with van der Waals surface area (Å²) in [7, 11) is 0. The third kappa shape index (κ3) is 3.90. The van der Waals surface area contributed by atoms with Crippen LogP contribution in [0.25, 0.3) is 44.6 Å². The summed E-state index contributed by atoms with van der Waals surface area (Å²) < 4.78 is 11.9. The standard InChI is InChI=1S/C28H22O9/c1-12(2)13-3-5-14(6-4-13)26-16(10-21(32)33)22-20(36-26)11-19(31)23-24(34)25(35)27(37-28(22)23)15-7-8-17(29)18(30)9-15/h3-9,11-12,29-31,35H,10H2,1-2H3,(H,32,33). The molecule has 0 atom stereocenters. The van der Waals surface area contributed by atoms with Crippen LogP contribution < -0.4 is 5.43 Å². The van der Waals surface area contributed by atoms with Crippen molar-refractivity contribution >= 4 is 27.9 Å². The highest BCUT2D eigenvalue weighted by Gasteiger charge is 2.27. The van der Waals surface area contributed by atoms with Gasteiger partial charge in [-0.15, -0.1) is 0 Å². The Morgan fingerprint density at radius 3 is 2.11 bits per heavy atom. The van der Waals surface area contributed by atoms with Gasteiger partial charge in [0.15, 0.2) is 22.8 Å². The van der Waals surface area contributed by atoms with Crippen LogP contribution in [0.5, 0.6) is 23.0 Å². The van der Waals surface area contributed by atoms with Crippen LogP contribution in [0.1, 0.15) is 30.9 Å². The predicted molar refractivity (Wildman–Crippen MR) is 135 cm³/mol. The van der Waals surface area contributed by atoms with Crippen molar-refractivity contribution in [2.75, 3.05) is 0 Å². The molecule has 9 nitrogen and oxygen atoms in total. The topological polar surface area (TPSA) is 162 Å². The van der Waals surface area contributed by atoms with Crippen LogP contribution in [0, 0.1) is 0 Å². The van der Waals surface area contributed by atoms with E-state index in [2.05, 4.69) is 0 Å². The van der Waals surface area contributed by atoms with Gasteiger partial charge in [0, 0.05) is 22.8 Å². The monoisotopic (exact) mass is 502 g/mol. The zero-order valence-electron chi connectivity index (χ0n) is 19.8. The number of hydrogen-bond acceptors (Lipinski definition) is 8. The number of aromatic hydroxyl groups is 4. The number of carboxylic acid groups (broad SMARTS) is 1. The van der Waals surface area contributed by atoms with Crippen molar-refractivity contribution in [3.05, 3.63) is 69.9 Å². The van der Waals surface area contributed by atoms with Crippen molar-refractivity contribution in [1.29, 1.82) is 0 Å². The third-order valence-corrected chi connectivity index (χ3v) is 6.28. The Balaban J connectivity index is 1.87. The normalized spacial score (nSPS) is 11.5. The minimum absolute atomic E-state index is 0.0658. The molecule has 0 aliphatic heterocycles. The molecule has 0 aliphatic rings. The summed E-state index contributed by atoms with van der Waals surface area (Å²) in [6, 6.07) is 12.1. The third-order valence-electron chi connectivity index (χ3n) is 6.28. The Kier molecular flexibility index (Phi) is 5.55. The number of fused-ring (bicyclic) bond motifs is 3. The van der Waals surface area contributed by atoms with Crippen LogP contribution in [-0.4, -0.2) is 31.5 Å². The summed E-state index contributed by atoms with van der Waals surface area (Å²) >= 11 is 0. The maximum absolute atomic E-state index is 13.1. The number of carbonyl (C=O) groups is 1. The van der Waals surface area contributed by atoms with E-state index in [-0.39, 0.29) is 50.5 Å². The number of benzene rings is 3. The molecule has 2 aromatic heterocycles. The van der Waals surface area contributed by atoms with E-state index in [4.69, 9.17) is 8.83 Å². The molecule has 9 heteroatoms. The van der Waals surface area contributed by atoms with Gasteiger partial charge in [0.25, 0.3) is 0 Å². The zero-order chi connectivity index (χ0) is 26.6. The maximum atomic E-state index is 13.1. The van der Waals surface area contributed by atoms with Gasteiger partial charge in [0.1, 0.15) is 22.5 Å². The lowest BCUT2D eigenvalue weighted by Crippen LogP contribution is -2.05. The van der Waals surface area contributed by atoms with E-state index in [1.54, 1.807) is 12.1 Å². The number of rotatable bonds is 5. The first-order chi connectivity index (χ1) is 17.6. The van der Waals surface area contributed by atoms with Gasteiger partial charge in [-0.25, -0.2) is 0 Å². The van der Waals surface area contributed by atoms with Crippen molar-refractivity contribution in [3.63, 3.8) is 0 Å². The first-order valence-corrected chi connectivity index (χ1v) is 11.4. The van der Waals surface area contributed by atoms with Gasteiger partial charge >= 0.3 is 5.97 Å². The summed E-state index contributed by atoms with van der Waals surface area (Å²) in [5.74, 6) is -3.27.